The molecule has 30 heavy (non-hydrogen) atoms. The molecular formula is C21H28F2N2O5. The average Bonchev–Trinajstić information content (AvgIpc) is 2.65. The minimum atomic E-state index is -3.02. The third-order valence-corrected chi connectivity index (χ3v) is 5.59. The van der Waals surface area contributed by atoms with Crippen LogP contribution < -0.4 is 9.47 Å². The molecule has 0 N–H and O–H groups in total. The molecule has 0 atom stereocenters. The van der Waals surface area contributed by atoms with Gasteiger partial charge < -0.3 is 24.0 Å². The number of benzene rings is 1. The predicted molar refractivity (Wildman–Crippen MR) is 105 cm³/mol. The number of likely N-dealkylation sites (tertiary alicyclic amines) is 2. The van der Waals surface area contributed by atoms with E-state index in [1.807, 2.05) is 20.8 Å². The Bertz CT molecular complexity index is 801. The summed E-state index contributed by atoms with van der Waals surface area (Å²) in [5.41, 5.74) is -0.615. The van der Waals surface area contributed by atoms with Gasteiger partial charge >= 0.3 is 12.7 Å². The largest absolute Gasteiger partial charge is 0.493 e. The molecule has 3 rings (SSSR count). The van der Waals surface area contributed by atoms with Gasteiger partial charge in [-0.2, -0.15) is 8.78 Å². The SMILES string of the molecule is COc1ccc(C(=O)N2CCC23CCN(C(=O)OC(C)(C)C)CC3)cc1OC(F)F. The van der Waals surface area contributed by atoms with E-state index >= 15 is 0 Å². The molecular weight excluding hydrogens is 398 g/mol. The lowest BCUT2D eigenvalue weighted by molar-refractivity contribution is -0.0518. The van der Waals surface area contributed by atoms with Gasteiger partial charge in [-0.15, -0.1) is 0 Å². The first kappa shape index (κ1) is 22.1. The minimum Gasteiger partial charge on any atom is -0.493 e. The lowest BCUT2D eigenvalue weighted by atomic mass is 9.76. The van der Waals surface area contributed by atoms with Crippen molar-refractivity contribution in [2.75, 3.05) is 26.7 Å². The van der Waals surface area contributed by atoms with E-state index in [4.69, 9.17) is 9.47 Å². The summed E-state index contributed by atoms with van der Waals surface area (Å²) in [4.78, 5) is 28.8. The van der Waals surface area contributed by atoms with Crippen molar-refractivity contribution < 1.29 is 32.6 Å². The summed E-state index contributed by atoms with van der Waals surface area (Å²) in [6.45, 7) is 4.04. The van der Waals surface area contributed by atoms with Crippen molar-refractivity contribution in [3.05, 3.63) is 23.8 Å². The highest BCUT2D eigenvalue weighted by atomic mass is 19.3. The average molecular weight is 426 g/mol. The van der Waals surface area contributed by atoms with Crippen molar-refractivity contribution in [1.82, 2.24) is 9.80 Å². The van der Waals surface area contributed by atoms with Gasteiger partial charge in [0.25, 0.3) is 5.91 Å². The number of methoxy groups -OCH3 is 1. The maximum Gasteiger partial charge on any atom is 0.410 e. The van der Waals surface area contributed by atoms with Crippen molar-refractivity contribution >= 4 is 12.0 Å². The summed E-state index contributed by atoms with van der Waals surface area (Å²) >= 11 is 0. The molecule has 0 saturated carbocycles. The predicted octanol–water partition coefficient (Wildman–Crippen LogP) is 3.91. The van der Waals surface area contributed by atoms with Gasteiger partial charge in [-0.05, 0) is 58.2 Å². The van der Waals surface area contributed by atoms with Gasteiger partial charge in [0, 0.05) is 30.7 Å². The van der Waals surface area contributed by atoms with Crippen LogP contribution in [0.2, 0.25) is 0 Å². The van der Waals surface area contributed by atoms with Crippen LogP contribution in [0.4, 0.5) is 13.6 Å². The molecule has 2 fully saturated rings. The van der Waals surface area contributed by atoms with Crippen molar-refractivity contribution in [3.63, 3.8) is 0 Å². The topological polar surface area (TPSA) is 68.3 Å². The Kier molecular flexibility index (Phi) is 6.10. The quantitative estimate of drug-likeness (QED) is 0.730. The number of ether oxygens (including phenoxy) is 3. The van der Waals surface area contributed by atoms with E-state index in [1.165, 1.54) is 19.2 Å². The fraction of sp³-hybridized carbons (Fsp3) is 0.619. The van der Waals surface area contributed by atoms with E-state index in [2.05, 4.69) is 4.74 Å². The molecule has 7 nitrogen and oxygen atoms in total. The summed E-state index contributed by atoms with van der Waals surface area (Å²) in [6, 6.07) is 4.28. The van der Waals surface area contributed by atoms with Crippen LogP contribution >= 0.6 is 0 Å². The van der Waals surface area contributed by atoms with E-state index in [1.54, 1.807) is 15.9 Å². The maximum atomic E-state index is 13.1. The van der Waals surface area contributed by atoms with Gasteiger partial charge in [-0.1, -0.05) is 0 Å². The first-order valence-corrected chi connectivity index (χ1v) is 9.97. The second kappa shape index (κ2) is 8.28. The molecule has 2 saturated heterocycles. The van der Waals surface area contributed by atoms with Crippen LogP contribution in [0.25, 0.3) is 0 Å². The molecule has 2 aliphatic rings. The maximum absolute atomic E-state index is 13.1. The molecule has 0 aliphatic carbocycles. The number of piperidine rings is 1. The molecule has 1 aromatic carbocycles. The van der Waals surface area contributed by atoms with Gasteiger partial charge in [0.15, 0.2) is 11.5 Å². The summed E-state index contributed by atoms with van der Waals surface area (Å²) < 4.78 is 40.3. The monoisotopic (exact) mass is 426 g/mol. The highest BCUT2D eigenvalue weighted by Crippen LogP contribution is 2.41. The van der Waals surface area contributed by atoms with Crippen molar-refractivity contribution in [3.8, 4) is 11.5 Å². The summed E-state index contributed by atoms with van der Waals surface area (Å²) in [7, 11) is 1.35. The molecule has 2 heterocycles. The smallest absolute Gasteiger partial charge is 0.410 e. The molecule has 2 amide bonds. The molecule has 0 unspecified atom stereocenters. The molecule has 1 aromatic rings. The first-order valence-electron chi connectivity index (χ1n) is 9.97. The Balaban J connectivity index is 1.68. The van der Waals surface area contributed by atoms with Crippen LogP contribution in [-0.2, 0) is 4.74 Å². The molecule has 2 aliphatic heterocycles. The zero-order valence-corrected chi connectivity index (χ0v) is 17.7. The van der Waals surface area contributed by atoms with Crippen molar-refractivity contribution in [2.24, 2.45) is 0 Å². The standard InChI is InChI=1S/C21H28F2N2O5/c1-20(2,3)30-19(27)24-10-7-21(8-11-24)9-12-25(21)17(26)14-5-6-15(28-4)16(13-14)29-18(22)23/h5-6,13,18H,7-12H2,1-4H3. The third-order valence-electron chi connectivity index (χ3n) is 5.59. The van der Waals surface area contributed by atoms with Crippen LogP contribution in [0.5, 0.6) is 11.5 Å². The summed E-state index contributed by atoms with van der Waals surface area (Å²) in [5.74, 6) is -0.280. The number of carbonyl (C=O) groups excluding carboxylic acids is 2. The Hall–Kier alpha value is -2.58. The summed E-state index contributed by atoms with van der Waals surface area (Å²) in [6.07, 6.45) is 1.79. The number of hydrogen-bond donors (Lipinski definition) is 0. The van der Waals surface area contributed by atoms with E-state index in [9.17, 15) is 18.4 Å². The Morgan fingerprint density at radius 2 is 1.70 bits per heavy atom. The van der Waals surface area contributed by atoms with Gasteiger partial charge in [0.2, 0.25) is 0 Å². The second-order valence-electron chi connectivity index (χ2n) is 8.64. The number of amides is 2. The van der Waals surface area contributed by atoms with Crippen LogP contribution in [0.3, 0.4) is 0 Å². The summed E-state index contributed by atoms with van der Waals surface area (Å²) in [5, 5.41) is 0. The number of carbonyl (C=O) groups is 2. The number of alkyl halides is 2. The molecule has 0 bridgehead atoms. The van der Waals surface area contributed by atoms with E-state index in [0.29, 0.717) is 32.5 Å². The fourth-order valence-electron chi connectivity index (χ4n) is 3.96. The number of hydrogen-bond acceptors (Lipinski definition) is 5. The van der Waals surface area contributed by atoms with Gasteiger partial charge in [0.1, 0.15) is 5.60 Å². The zero-order valence-electron chi connectivity index (χ0n) is 17.7. The highest BCUT2D eigenvalue weighted by molar-refractivity contribution is 5.96. The van der Waals surface area contributed by atoms with Crippen molar-refractivity contribution in [2.45, 2.75) is 57.8 Å². The van der Waals surface area contributed by atoms with Gasteiger partial charge in [-0.3, -0.25) is 4.79 Å². The third kappa shape index (κ3) is 4.60. The second-order valence-corrected chi connectivity index (χ2v) is 8.64. The van der Waals surface area contributed by atoms with Crippen LogP contribution in [0.1, 0.15) is 50.4 Å². The fourth-order valence-corrected chi connectivity index (χ4v) is 3.96. The van der Waals surface area contributed by atoms with Gasteiger partial charge in [0.05, 0.1) is 7.11 Å². The van der Waals surface area contributed by atoms with E-state index in [-0.39, 0.29) is 34.6 Å². The van der Waals surface area contributed by atoms with Crippen molar-refractivity contribution in [1.29, 1.82) is 0 Å². The normalized spacial score (nSPS) is 18.2. The highest BCUT2D eigenvalue weighted by Gasteiger charge is 2.49. The van der Waals surface area contributed by atoms with Crippen LogP contribution in [0.15, 0.2) is 18.2 Å². The molecule has 9 heteroatoms. The lowest BCUT2D eigenvalue weighted by Gasteiger charge is -2.56. The Morgan fingerprint density at radius 3 is 2.20 bits per heavy atom. The Morgan fingerprint density at radius 1 is 1.07 bits per heavy atom. The minimum absolute atomic E-state index is 0.135. The molecule has 0 aromatic heterocycles. The first-order chi connectivity index (χ1) is 14.0. The number of rotatable bonds is 4. The van der Waals surface area contributed by atoms with Crippen LogP contribution in [-0.4, -0.2) is 66.3 Å². The van der Waals surface area contributed by atoms with Crippen LogP contribution in [0, 0.1) is 0 Å². The lowest BCUT2D eigenvalue weighted by Crippen LogP contribution is -2.66. The Labute approximate surface area is 174 Å². The number of nitrogens with zero attached hydrogens (tertiary/aromatic N) is 2. The number of halogens is 2. The zero-order chi connectivity index (χ0) is 22.1. The van der Waals surface area contributed by atoms with E-state index < -0.39 is 12.2 Å². The molecule has 1 spiro atoms. The molecule has 166 valence electrons. The van der Waals surface area contributed by atoms with E-state index in [0.717, 1.165) is 6.42 Å². The van der Waals surface area contributed by atoms with Gasteiger partial charge in [-0.25, -0.2) is 4.79 Å². The molecule has 0 radical (unpaired) electrons.